The Labute approximate surface area is 112 Å². The number of methoxy groups -OCH3 is 1. The largest absolute Gasteiger partial charge is 0.394 e. The first kappa shape index (κ1) is 15.9. The van der Waals surface area contributed by atoms with E-state index >= 15 is 0 Å². The van der Waals surface area contributed by atoms with Crippen LogP contribution in [0.5, 0.6) is 0 Å². The van der Waals surface area contributed by atoms with E-state index in [4.69, 9.17) is 4.74 Å². The highest BCUT2D eigenvalue weighted by Crippen LogP contribution is 2.24. The summed E-state index contributed by atoms with van der Waals surface area (Å²) in [5, 5.41) is 13.1. The maximum atomic E-state index is 9.53. The van der Waals surface area contributed by atoms with Gasteiger partial charge in [-0.05, 0) is 45.7 Å². The minimum absolute atomic E-state index is 0.0954. The maximum Gasteiger partial charge on any atom is 0.0610 e. The van der Waals surface area contributed by atoms with Crippen molar-refractivity contribution in [3.8, 4) is 0 Å². The van der Waals surface area contributed by atoms with Crippen molar-refractivity contribution in [1.82, 2.24) is 10.2 Å². The van der Waals surface area contributed by atoms with E-state index in [0.29, 0.717) is 6.04 Å². The Morgan fingerprint density at radius 3 is 2.61 bits per heavy atom. The molecule has 1 saturated carbocycles. The van der Waals surface area contributed by atoms with Gasteiger partial charge in [0.2, 0.25) is 0 Å². The quantitative estimate of drug-likeness (QED) is 0.585. The van der Waals surface area contributed by atoms with Gasteiger partial charge in [-0.1, -0.05) is 6.92 Å². The van der Waals surface area contributed by atoms with Crippen molar-refractivity contribution in [2.24, 2.45) is 0 Å². The number of aliphatic hydroxyl groups excluding tert-OH is 1. The number of nitrogens with zero attached hydrogens (tertiary/aromatic N) is 1. The molecule has 1 aliphatic rings. The van der Waals surface area contributed by atoms with E-state index in [1.807, 2.05) is 0 Å². The average Bonchev–Trinajstić information content (AvgIpc) is 3.17. The van der Waals surface area contributed by atoms with Crippen molar-refractivity contribution < 1.29 is 9.84 Å². The highest BCUT2D eigenvalue weighted by atomic mass is 16.5. The number of hydrogen-bond acceptors (Lipinski definition) is 4. The normalized spacial score (nSPS) is 19.2. The first-order chi connectivity index (χ1) is 8.63. The molecule has 1 rings (SSSR count). The second-order valence-corrected chi connectivity index (χ2v) is 5.67. The summed E-state index contributed by atoms with van der Waals surface area (Å²) in [4.78, 5) is 2.40. The predicted molar refractivity (Wildman–Crippen MR) is 74.9 cm³/mol. The Morgan fingerprint density at radius 1 is 1.39 bits per heavy atom. The van der Waals surface area contributed by atoms with Crippen LogP contribution < -0.4 is 5.32 Å². The van der Waals surface area contributed by atoms with Crippen LogP contribution in [0.1, 0.15) is 39.5 Å². The zero-order valence-corrected chi connectivity index (χ0v) is 12.2. The van der Waals surface area contributed by atoms with Gasteiger partial charge in [0.15, 0.2) is 0 Å². The topological polar surface area (TPSA) is 44.7 Å². The highest BCUT2D eigenvalue weighted by molar-refractivity contribution is 4.92. The summed E-state index contributed by atoms with van der Waals surface area (Å²) >= 11 is 0. The van der Waals surface area contributed by atoms with Gasteiger partial charge in [0.1, 0.15) is 0 Å². The number of aliphatic hydroxyl groups is 1. The lowest BCUT2D eigenvalue weighted by molar-refractivity contribution is 0.136. The van der Waals surface area contributed by atoms with E-state index in [0.717, 1.165) is 39.1 Å². The number of nitrogens with one attached hydrogen (secondary N) is 1. The third-order valence-corrected chi connectivity index (χ3v) is 3.74. The van der Waals surface area contributed by atoms with Crippen molar-refractivity contribution in [2.75, 3.05) is 40.0 Å². The summed E-state index contributed by atoms with van der Waals surface area (Å²) in [5.41, 5.74) is -0.0954. The van der Waals surface area contributed by atoms with Crippen LogP contribution in [0.3, 0.4) is 0 Å². The Hall–Kier alpha value is -0.160. The number of likely N-dealkylation sites (N-methyl/N-ethyl adjacent to an activating group) is 1. The molecule has 4 heteroatoms. The fourth-order valence-electron chi connectivity index (χ4n) is 2.26. The fraction of sp³-hybridized carbons (Fsp3) is 1.00. The number of hydrogen-bond donors (Lipinski definition) is 2. The van der Waals surface area contributed by atoms with Crippen LogP contribution in [0.15, 0.2) is 0 Å². The summed E-state index contributed by atoms with van der Waals surface area (Å²) < 4.78 is 5.11. The molecule has 4 nitrogen and oxygen atoms in total. The summed E-state index contributed by atoms with van der Waals surface area (Å²) in [7, 11) is 1.75. The molecular formula is C14H30N2O2. The Kier molecular flexibility index (Phi) is 7.15. The molecule has 18 heavy (non-hydrogen) atoms. The molecule has 1 aliphatic carbocycles. The molecule has 0 saturated heterocycles. The van der Waals surface area contributed by atoms with Crippen molar-refractivity contribution in [1.29, 1.82) is 0 Å². The van der Waals surface area contributed by atoms with Crippen LogP contribution in [0.4, 0.5) is 0 Å². The van der Waals surface area contributed by atoms with Crippen LogP contribution in [0.25, 0.3) is 0 Å². The molecule has 0 bridgehead atoms. The Bertz CT molecular complexity index is 222. The lowest BCUT2D eigenvalue weighted by Gasteiger charge is -2.30. The maximum absolute atomic E-state index is 9.53. The second kappa shape index (κ2) is 8.10. The lowest BCUT2D eigenvalue weighted by atomic mass is 9.96. The van der Waals surface area contributed by atoms with Crippen molar-refractivity contribution >= 4 is 0 Å². The highest BCUT2D eigenvalue weighted by Gasteiger charge is 2.31. The molecule has 0 aromatic rings. The van der Waals surface area contributed by atoms with E-state index < -0.39 is 0 Å². The fourth-order valence-corrected chi connectivity index (χ4v) is 2.26. The molecule has 1 unspecified atom stereocenters. The lowest BCUT2D eigenvalue weighted by Crippen LogP contribution is -2.47. The van der Waals surface area contributed by atoms with E-state index in [-0.39, 0.29) is 12.1 Å². The monoisotopic (exact) mass is 258 g/mol. The van der Waals surface area contributed by atoms with Gasteiger partial charge in [-0.2, -0.15) is 0 Å². The summed E-state index contributed by atoms with van der Waals surface area (Å²) in [6, 6.07) is 0.651. The molecule has 0 heterocycles. The standard InChI is InChI=1S/C14H30N2O2/c1-4-16(10-11-18-3)9-5-8-14(2,12-17)15-13-6-7-13/h13,15,17H,4-12H2,1-3H3. The SMILES string of the molecule is CCN(CCCC(C)(CO)NC1CC1)CCOC. The first-order valence-electron chi connectivity index (χ1n) is 7.23. The van der Waals surface area contributed by atoms with Gasteiger partial charge in [0, 0.05) is 25.2 Å². The molecule has 2 N–H and O–H groups in total. The predicted octanol–water partition coefficient (Wildman–Crippen LogP) is 1.24. The van der Waals surface area contributed by atoms with Gasteiger partial charge in [-0.3, -0.25) is 0 Å². The van der Waals surface area contributed by atoms with E-state index in [2.05, 4.69) is 24.1 Å². The molecule has 0 aliphatic heterocycles. The smallest absolute Gasteiger partial charge is 0.0610 e. The minimum atomic E-state index is -0.0954. The van der Waals surface area contributed by atoms with Crippen LogP contribution >= 0.6 is 0 Å². The molecule has 0 radical (unpaired) electrons. The molecule has 0 spiro atoms. The number of rotatable bonds is 11. The number of ether oxygens (including phenoxy) is 1. The average molecular weight is 258 g/mol. The Morgan fingerprint density at radius 2 is 2.11 bits per heavy atom. The second-order valence-electron chi connectivity index (χ2n) is 5.67. The van der Waals surface area contributed by atoms with Gasteiger partial charge >= 0.3 is 0 Å². The zero-order chi connectivity index (χ0) is 13.4. The molecule has 0 aromatic carbocycles. The summed E-state index contributed by atoms with van der Waals surface area (Å²) in [5.74, 6) is 0. The van der Waals surface area contributed by atoms with E-state index in [1.165, 1.54) is 12.8 Å². The van der Waals surface area contributed by atoms with Gasteiger partial charge in [-0.15, -0.1) is 0 Å². The minimum Gasteiger partial charge on any atom is -0.394 e. The van der Waals surface area contributed by atoms with Crippen LogP contribution in [-0.2, 0) is 4.74 Å². The molecule has 1 atom stereocenters. The van der Waals surface area contributed by atoms with Gasteiger partial charge in [0.25, 0.3) is 0 Å². The zero-order valence-electron chi connectivity index (χ0n) is 12.2. The van der Waals surface area contributed by atoms with Crippen LogP contribution in [0, 0.1) is 0 Å². The van der Waals surface area contributed by atoms with Gasteiger partial charge in [-0.25, -0.2) is 0 Å². The van der Waals surface area contributed by atoms with E-state index in [9.17, 15) is 5.11 Å². The summed E-state index contributed by atoms with van der Waals surface area (Å²) in [6.45, 7) is 8.50. The van der Waals surface area contributed by atoms with Gasteiger partial charge in [0.05, 0.1) is 13.2 Å². The first-order valence-corrected chi connectivity index (χ1v) is 7.23. The molecule has 0 amide bonds. The molecular weight excluding hydrogens is 228 g/mol. The van der Waals surface area contributed by atoms with Crippen LogP contribution in [0.2, 0.25) is 0 Å². The van der Waals surface area contributed by atoms with Crippen molar-refractivity contribution in [2.45, 2.75) is 51.1 Å². The Balaban J connectivity index is 2.19. The molecule has 0 aromatic heterocycles. The third kappa shape index (κ3) is 6.14. The summed E-state index contributed by atoms with van der Waals surface area (Å²) in [6.07, 6.45) is 4.69. The third-order valence-electron chi connectivity index (χ3n) is 3.74. The van der Waals surface area contributed by atoms with Gasteiger partial charge < -0.3 is 20.1 Å². The van der Waals surface area contributed by atoms with Crippen molar-refractivity contribution in [3.05, 3.63) is 0 Å². The van der Waals surface area contributed by atoms with Crippen molar-refractivity contribution in [3.63, 3.8) is 0 Å². The van der Waals surface area contributed by atoms with E-state index in [1.54, 1.807) is 7.11 Å². The molecule has 108 valence electrons. The molecule has 1 fully saturated rings. The van der Waals surface area contributed by atoms with Crippen LogP contribution in [-0.4, -0.2) is 61.5 Å².